The second kappa shape index (κ2) is 7.59. The van der Waals surface area contributed by atoms with Gasteiger partial charge in [0.1, 0.15) is 5.75 Å². The number of carbonyl (C=O) groups is 3. The average Bonchev–Trinajstić information content (AvgIpc) is 3.19. The molecule has 2 aromatic carbocycles. The minimum atomic E-state index is -2.04. The standard InChI is InChI=1S/C27H24N2O6/c1-13-8-9-20(30)18(12-13)23(31)21-14(2)22(25(32)33)27(26(34)35)24-17(10-11-29(27)15(21)3)16-6-4-5-7-19(16)28-24/h4-9,12,28,30H,10-11H2,1-3H3,(H,32,33)(H,34,35). The Hall–Kier alpha value is -4.33. The molecular weight excluding hydrogens is 448 g/mol. The van der Waals surface area contributed by atoms with Crippen LogP contribution in [0.1, 0.15) is 41.0 Å². The van der Waals surface area contributed by atoms with Gasteiger partial charge in [-0.05, 0) is 56.5 Å². The highest BCUT2D eigenvalue weighted by Gasteiger charge is 2.59. The molecule has 2 aliphatic heterocycles. The highest BCUT2D eigenvalue weighted by molar-refractivity contribution is 6.16. The predicted octanol–water partition coefficient (Wildman–Crippen LogP) is 3.89. The lowest BCUT2D eigenvalue weighted by atomic mass is 9.71. The summed E-state index contributed by atoms with van der Waals surface area (Å²) in [4.78, 5) is 44.2. The summed E-state index contributed by atoms with van der Waals surface area (Å²) in [5.74, 6) is -3.54. The van der Waals surface area contributed by atoms with Crippen LogP contribution in [0.2, 0.25) is 0 Å². The average molecular weight is 472 g/mol. The number of aromatic nitrogens is 1. The highest BCUT2D eigenvalue weighted by Crippen LogP contribution is 2.51. The number of fused-ring (bicyclic) bond motifs is 5. The van der Waals surface area contributed by atoms with Crippen LogP contribution in [0, 0.1) is 6.92 Å². The molecule has 0 saturated carbocycles. The van der Waals surface area contributed by atoms with Gasteiger partial charge in [0, 0.05) is 28.7 Å². The van der Waals surface area contributed by atoms with Gasteiger partial charge in [0.2, 0.25) is 5.54 Å². The van der Waals surface area contributed by atoms with Gasteiger partial charge in [-0.25, -0.2) is 9.59 Å². The van der Waals surface area contributed by atoms with E-state index in [9.17, 15) is 29.7 Å². The smallest absolute Gasteiger partial charge is 0.340 e. The van der Waals surface area contributed by atoms with Gasteiger partial charge >= 0.3 is 11.9 Å². The van der Waals surface area contributed by atoms with E-state index < -0.39 is 28.8 Å². The summed E-state index contributed by atoms with van der Waals surface area (Å²) < 4.78 is 0. The van der Waals surface area contributed by atoms with Crippen molar-refractivity contribution < 1.29 is 29.7 Å². The van der Waals surface area contributed by atoms with Gasteiger partial charge in [0.05, 0.1) is 16.8 Å². The number of allylic oxidation sites excluding steroid dienone is 3. The van der Waals surface area contributed by atoms with Crippen LogP contribution < -0.4 is 0 Å². The van der Waals surface area contributed by atoms with Crippen LogP contribution in [0.3, 0.4) is 0 Å². The van der Waals surface area contributed by atoms with Crippen LogP contribution in [0.15, 0.2) is 64.9 Å². The van der Waals surface area contributed by atoms with Gasteiger partial charge < -0.3 is 25.2 Å². The number of aromatic hydroxyl groups is 1. The molecule has 4 N–H and O–H groups in total. The summed E-state index contributed by atoms with van der Waals surface area (Å²) in [6.45, 7) is 5.08. The van der Waals surface area contributed by atoms with E-state index in [-0.39, 0.29) is 29.0 Å². The Labute approximate surface area is 200 Å². The Morgan fingerprint density at radius 1 is 1.03 bits per heavy atom. The number of nitrogens with one attached hydrogen (secondary N) is 1. The van der Waals surface area contributed by atoms with E-state index in [1.54, 1.807) is 19.9 Å². The van der Waals surface area contributed by atoms with E-state index in [2.05, 4.69) is 4.98 Å². The van der Waals surface area contributed by atoms with Gasteiger partial charge in [-0.15, -0.1) is 0 Å². The third-order valence-corrected chi connectivity index (χ3v) is 7.19. The monoisotopic (exact) mass is 472 g/mol. The third kappa shape index (κ3) is 2.89. The first-order chi connectivity index (χ1) is 16.6. The summed E-state index contributed by atoms with van der Waals surface area (Å²) >= 11 is 0. The summed E-state index contributed by atoms with van der Waals surface area (Å²) in [7, 11) is 0. The number of hydrogen-bond donors (Lipinski definition) is 4. The maximum absolute atomic E-state index is 13.7. The second-order valence-corrected chi connectivity index (χ2v) is 9.06. The van der Waals surface area contributed by atoms with E-state index in [1.807, 2.05) is 24.3 Å². The van der Waals surface area contributed by atoms with E-state index in [0.29, 0.717) is 17.8 Å². The number of phenols is 1. The van der Waals surface area contributed by atoms with Crippen LogP contribution in [-0.4, -0.2) is 49.5 Å². The number of aliphatic carboxylic acids is 2. The molecule has 0 spiro atoms. The van der Waals surface area contributed by atoms with Crippen molar-refractivity contribution in [3.63, 3.8) is 0 Å². The number of aryl methyl sites for hydroxylation is 1. The number of aromatic amines is 1. The quantitative estimate of drug-likeness (QED) is 0.424. The number of carbonyl (C=O) groups excluding carboxylic acids is 1. The summed E-state index contributed by atoms with van der Waals surface area (Å²) in [6, 6.07) is 12.0. The Morgan fingerprint density at radius 2 is 1.74 bits per heavy atom. The number of para-hydroxylation sites is 1. The zero-order chi connectivity index (χ0) is 25.2. The summed E-state index contributed by atoms with van der Waals surface area (Å²) in [5.41, 5.74) is 0.620. The molecule has 178 valence electrons. The van der Waals surface area contributed by atoms with Crippen molar-refractivity contribution in [3.05, 3.63) is 87.3 Å². The molecule has 1 unspecified atom stereocenters. The number of hydrogen-bond acceptors (Lipinski definition) is 5. The Bertz CT molecular complexity index is 1530. The van der Waals surface area contributed by atoms with Crippen LogP contribution in [-0.2, 0) is 21.5 Å². The van der Waals surface area contributed by atoms with Crippen molar-refractivity contribution in [1.82, 2.24) is 9.88 Å². The maximum Gasteiger partial charge on any atom is 0.340 e. The number of rotatable bonds is 4. The lowest BCUT2D eigenvalue weighted by Crippen LogP contribution is -2.59. The van der Waals surface area contributed by atoms with E-state index >= 15 is 0 Å². The number of nitrogens with zero attached hydrogens (tertiary/aromatic N) is 1. The first-order valence-electron chi connectivity index (χ1n) is 11.2. The fourth-order valence-corrected chi connectivity index (χ4v) is 5.72. The molecule has 8 heteroatoms. The van der Waals surface area contributed by atoms with Crippen molar-refractivity contribution in [1.29, 1.82) is 0 Å². The molecule has 2 aliphatic rings. The number of benzene rings is 2. The first kappa shape index (κ1) is 22.5. The number of carboxylic acids is 2. The molecule has 0 fully saturated rings. The van der Waals surface area contributed by atoms with Crippen molar-refractivity contribution in [3.8, 4) is 5.75 Å². The number of carboxylic acid groups (broad SMARTS) is 2. The minimum Gasteiger partial charge on any atom is -0.507 e. The SMILES string of the molecule is CC1=C(C(=O)O)C2(C(=O)O)c3[nH]c4ccccc4c3CCN2C(C)=C1C(=O)c1cc(C)ccc1O. The maximum atomic E-state index is 13.7. The van der Waals surface area contributed by atoms with Crippen LogP contribution in [0.25, 0.3) is 10.9 Å². The van der Waals surface area contributed by atoms with Gasteiger partial charge in [-0.2, -0.15) is 0 Å². The Kier molecular flexibility index (Phi) is 4.87. The van der Waals surface area contributed by atoms with Crippen LogP contribution >= 0.6 is 0 Å². The zero-order valence-corrected chi connectivity index (χ0v) is 19.5. The molecule has 5 rings (SSSR count). The van der Waals surface area contributed by atoms with Gasteiger partial charge in [-0.1, -0.05) is 29.8 Å². The largest absolute Gasteiger partial charge is 0.507 e. The molecule has 3 heterocycles. The summed E-state index contributed by atoms with van der Waals surface area (Å²) in [5, 5.41) is 32.3. The first-order valence-corrected chi connectivity index (χ1v) is 11.2. The normalized spacial score (nSPS) is 19.6. The lowest BCUT2D eigenvalue weighted by molar-refractivity contribution is -0.153. The molecule has 1 atom stereocenters. The number of H-pyrrole nitrogens is 1. The fraction of sp³-hybridized carbons (Fsp3) is 0.222. The molecule has 0 bridgehead atoms. The van der Waals surface area contributed by atoms with E-state index in [4.69, 9.17) is 0 Å². The number of phenolic OH excluding ortho intramolecular Hbond substituents is 1. The molecule has 0 radical (unpaired) electrons. The molecule has 1 aromatic heterocycles. The zero-order valence-electron chi connectivity index (χ0n) is 19.5. The van der Waals surface area contributed by atoms with Gasteiger partial charge in [0.25, 0.3) is 0 Å². The molecule has 35 heavy (non-hydrogen) atoms. The molecule has 0 aliphatic carbocycles. The molecule has 0 saturated heterocycles. The van der Waals surface area contributed by atoms with Crippen molar-refractivity contribution in [2.45, 2.75) is 32.7 Å². The second-order valence-electron chi connectivity index (χ2n) is 9.06. The van der Waals surface area contributed by atoms with Crippen molar-refractivity contribution in [2.75, 3.05) is 6.54 Å². The van der Waals surface area contributed by atoms with Crippen LogP contribution in [0.5, 0.6) is 5.75 Å². The number of ketones is 1. The molecular formula is C27H24N2O6. The highest BCUT2D eigenvalue weighted by atomic mass is 16.4. The molecule has 3 aromatic rings. The Morgan fingerprint density at radius 3 is 2.43 bits per heavy atom. The third-order valence-electron chi connectivity index (χ3n) is 7.19. The topological polar surface area (TPSA) is 131 Å². The van der Waals surface area contributed by atoms with Gasteiger partial charge in [-0.3, -0.25) is 4.79 Å². The fourth-order valence-electron chi connectivity index (χ4n) is 5.72. The van der Waals surface area contributed by atoms with Crippen LogP contribution in [0.4, 0.5) is 0 Å². The molecule has 0 amide bonds. The molecule has 8 nitrogen and oxygen atoms in total. The Balaban J connectivity index is 1.84. The lowest BCUT2D eigenvalue weighted by Gasteiger charge is -2.49. The minimum absolute atomic E-state index is 0.0366. The van der Waals surface area contributed by atoms with E-state index in [0.717, 1.165) is 22.0 Å². The van der Waals surface area contributed by atoms with Gasteiger partial charge in [0.15, 0.2) is 5.78 Å². The number of Topliss-reactive ketones (excluding diaryl/α,β-unsaturated/α-hetero) is 1. The van der Waals surface area contributed by atoms with E-state index in [1.165, 1.54) is 24.0 Å². The summed E-state index contributed by atoms with van der Waals surface area (Å²) in [6.07, 6.45) is 0.467. The van der Waals surface area contributed by atoms with Crippen molar-refractivity contribution in [2.24, 2.45) is 0 Å². The van der Waals surface area contributed by atoms with Crippen molar-refractivity contribution >= 4 is 28.6 Å². The predicted molar refractivity (Wildman–Crippen MR) is 128 cm³/mol.